The fraction of sp³-hybridized carbons (Fsp3) is 0.333. The van der Waals surface area contributed by atoms with Gasteiger partial charge >= 0.3 is 0 Å². The van der Waals surface area contributed by atoms with E-state index in [0.717, 1.165) is 11.0 Å². The molecule has 1 aromatic carbocycles. The van der Waals surface area contributed by atoms with Crippen LogP contribution in [0.15, 0.2) is 34.7 Å². The van der Waals surface area contributed by atoms with Gasteiger partial charge in [-0.2, -0.15) is 5.26 Å². The normalized spacial score (nSPS) is 12.5. The van der Waals surface area contributed by atoms with Crippen molar-refractivity contribution >= 4 is 16.8 Å². The maximum Gasteiger partial charge on any atom is 0.211 e. The highest BCUT2D eigenvalue weighted by atomic mass is 16.3. The summed E-state index contributed by atoms with van der Waals surface area (Å²) in [6.07, 6.45) is 0. The van der Waals surface area contributed by atoms with E-state index in [1.54, 1.807) is 6.07 Å². The number of fused-ring (bicyclic) bond motifs is 1. The van der Waals surface area contributed by atoms with Crippen LogP contribution in [-0.2, 0) is 0 Å². The average molecular weight is 256 g/mol. The molecule has 0 aliphatic carbocycles. The number of likely N-dealkylation sites (N-methyl/N-ethyl adjacent to an activating group) is 1. The Morgan fingerprint density at radius 1 is 1.47 bits per heavy atom. The minimum absolute atomic E-state index is 0.0659. The number of hydrogen-bond donors (Lipinski definition) is 0. The number of Topliss-reactive ketones (excluding diaryl/α,β-unsaturated/α-hetero) is 1. The van der Waals surface area contributed by atoms with E-state index in [-0.39, 0.29) is 18.2 Å². The first-order chi connectivity index (χ1) is 9.10. The second kappa shape index (κ2) is 5.68. The zero-order valence-corrected chi connectivity index (χ0v) is 11.1. The summed E-state index contributed by atoms with van der Waals surface area (Å²) in [7, 11) is 1.83. The highest BCUT2D eigenvalue weighted by Gasteiger charge is 2.15. The van der Waals surface area contributed by atoms with Crippen LogP contribution in [0.1, 0.15) is 17.5 Å². The number of nitriles is 1. The Balaban J connectivity index is 2.05. The number of carbonyl (C=O) groups is 1. The van der Waals surface area contributed by atoms with Gasteiger partial charge in [-0.1, -0.05) is 18.2 Å². The van der Waals surface area contributed by atoms with Gasteiger partial charge in [0, 0.05) is 11.9 Å². The van der Waals surface area contributed by atoms with Crippen molar-refractivity contribution in [3.63, 3.8) is 0 Å². The topological polar surface area (TPSA) is 57.2 Å². The fourth-order valence-electron chi connectivity index (χ4n) is 2.02. The van der Waals surface area contributed by atoms with E-state index in [2.05, 4.69) is 6.07 Å². The zero-order valence-electron chi connectivity index (χ0n) is 11.1. The highest BCUT2D eigenvalue weighted by Crippen LogP contribution is 2.19. The van der Waals surface area contributed by atoms with Gasteiger partial charge in [-0.25, -0.2) is 0 Å². The Labute approximate surface area is 112 Å². The van der Waals surface area contributed by atoms with E-state index in [0.29, 0.717) is 12.3 Å². The van der Waals surface area contributed by atoms with Crippen molar-refractivity contribution in [2.24, 2.45) is 5.92 Å². The molecule has 98 valence electrons. The van der Waals surface area contributed by atoms with E-state index in [4.69, 9.17) is 9.68 Å². The number of nitrogens with zero attached hydrogens (tertiary/aromatic N) is 2. The number of carbonyl (C=O) groups excluding carboxylic acids is 1. The Bertz CT molecular complexity index is 591. The third kappa shape index (κ3) is 3.21. The Kier molecular flexibility index (Phi) is 3.98. The summed E-state index contributed by atoms with van der Waals surface area (Å²) in [4.78, 5) is 13.9. The fourth-order valence-corrected chi connectivity index (χ4v) is 2.02. The Hall–Kier alpha value is -2.12. The van der Waals surface area contributed by atoms with Crippen molar-refractivity contribution in [3.05, 3.63) is 36.1 Å². The molecule has 0 saturated heterocycles. The largest absolute Gasteiger partial charge is 0.453 e. The number of ketones is 1. The lowest BCUT2D eigenvalue weighted by molar-refractivity contribution is 0.0917. The molecule has 1 unspecified atom stereocenters. The molecule has 1 atom stereocenters. The van der Waals surface area contributed by atoms with Gasteiger partial charge in [-0.15, -0.1) is 0 Å². The standard InChI is InChI=1S/C15H16N2O2/c1-11(8-16)9-17(2)10-13(18)15-7-12-5-3-4-6-14(12)19-15/h3-7,11H,9-10H2,1-2H3. The maximum absolute atomic E-state index is 12.1. The molecule has 0 spiro atoms. The molecular weight excluding hydrogens is 240 g/mol. The molecule has 2 rings (SSSR count). The summed E-state index contributed by atoms with van der Waals surface area (Å²) in [6, 6.07) is 11.5. The lowest BCUT2D eigenvalue weighted by Gasteiger charge is -2.15. The molecular formula is C15H16N2O2. The van der Waals surface area contributed by atoms with Crippen molar-refractivity contribution in [2.45, 2.75) is 6.92 Å². The van der Waals surface area contributed by atoms with Crippen molar-refractivity contribution in [3.8, 4) is 6.07 Å². The van der Waals surface area contributed by atoms with Crippen molar-refractivity contribution in [1.82, 2.24) is 4.90 Å². The first kappa shape index (κ1) is 13.3. The van der Waals surface area contributed by atoms with Gasteiger partial charge in [-0.3, -0.25) is 9.69 Å². The Morgan fingerprint density at radius 2 is 2.21 bits per heavy atom. The van der Waals surface area contributed by atoms with Gasteiger partial charge in [-0.05, 0) is 26.1 Å². The molecule has 19 heavy (non-hydrogen) atoms. The minimum Gasteiger partial charge on any atom is -0.453 e. The van der Waals surface area contributed by atoms with E-state index in [1.165, 1.54) is 0 Å². The summed E-state index contributed by atoms with van der Waals surface area (Å²) >= 11 is 0. The van der Waals surface area contributed by atoms with Crippen LogP contribution in [-0.4, -0.2) is 30.8 Å². The first-order valence-corrected chi connectivity index (χ1v) is 6.20. The van der Waals surface area contributed by atoms with Crippen LogP contribution in [0.25, 0.3) is 11.0 Å². The molecule has 0 radical (unpaired) electrons. The molecule has 0 bridgehead atoms. The summed E-state index contributed by atoms with van der Waals surface area (Å²) in [6.45, 7) is 2.66. The molecule has 0 aliphatic rings. The summed E-state index contributed by atoms with van der Waals surface area (Å²) in [5, 5.41) is 9.68. The molecule has 2 aromatic rings. The summed E-state index contributed by atoms with van der Waals surface area (Å²) in [5.74, 6) is 0.218. The van der Waals surface area contributed by atoms with Gasteiger partial charge in [0.15, 0.2) is 5.76 Å². The second-order valence-corrected chi connectivity index (χ2v) is 4.80. The third-order valence-corrected chi connectivity index (χ3v) is 2.92. The smallest absolute Gasteiger partial charge is 0.211 e. The summed E-state index contributed by atoms with van der Waals surface area (Å²) in [5.41, 5.74) is 0.721. The van der Waals surface area contributed by atoms with E-state index < -0.39 is 0 Å². The monoisotopic (exact) mass is 256 g/mol. The predicted octanol–water partition coefficient (Wildman–Crippen LogP) is 2.71. The lowest BCUT2D eigenvalue weighted by Crippen LogP contribution is -2.29. The van der Waals surface area contributed by atoms with Crippen LogP contribution < -0.4 is 0 Å². The molecule has 0 amide bonds. The number of rotatable bonds is 5. The molecule has 1 aromatic heterocycles. The van der Waals surface area contributed by atoms with Gasteiger partial charge in [0.05, 0.1) is 18.5 Å². The SMILES string of the molecule is CC(C#N)CN(C)CC(=O)c1cc2ccccc2o1. The van der Waals surface area contributed by atoms with Crippen molar-refractivity contribution in [2.75, 3.05) is 20.1 Å². The number of hydrogen-bond acceptors (Lipinski definition) is 4. The second-order valence-electron chi connectivity index (χ2n) is 4.80. The highest BCUT2D eigenvalue weighted by molar-refractivity contribution is 5.98. The van der Waals surface area contributed by atoms with Gasteiger partial charge in [0.1, 0.15) is 5.58 Å². The van der Waals surface area contributed by atoms with E-state index in [9.17, 15) is 4.79 Å². The van der Waals surface area contributed by atoms with Crippen LogP contribution >= 0.6 is 0 Å². The minimum atomic E-state index is -0.0894. The molecule has 0 N–H and O–H groups in total. The number of para-hydroxylation sites is 1. The zero-order chi connectivity index (χ0) is 13.8. The average Bonchev–Trinajstić information content (AvgIpc) is 2.82. The molecule has 1 heterocycles. The predicted molar refractivity (Wildman–Crippen MR) is 72.8 cm³/mol. The van der Waals surface area contributed by atoms with E-state index in [1.807, 2.05) is 43.1 Å². The van der Waals surface area contributed by atoms with Crippen molar-refractivity contribution in [1.29, 1.82) is 5.26 Å². The van der Waals surface area contributed by atoms with Crippen LogP contribution in [0.5, 0.6) is 0 Å². The lowest BCUT2D eigenvalue weighted by atomic mass is 10.2. The first-order valence-electron chi connectivity index (χ1n) is 6.20. The van der Waals surface area contributed by atoms with Crippen LogP contribution in [0, 0.1) is 17.2 Å². The van der Waals surface area contributed by atoms with Crippen LogP contribution in [0.2, 0.25) is 0 Å². The maximum atomic E-state index is 12.1. The summed E-state index contributed by atoms with van der Waals surface area (Å²) < 4.78 is 5.52. The molecule has 0 aliphatic heterocycles. The van der Waals surface area contributed by atoms with E-state index >= 15 is 0 Å². The molecule has 4 nitrogen and oxygen atoms in total. The van der Waals surface area contributed by atoms with Crippen molar-refractivity contribution < 1.29 is 9.21 Å². The van der Waals surface area contributed by atoms with Crippen LogP contribution in [0.4, 0.5) is 0 Å². The molecule has 0 fully saturated rings. The third-order valence-electron chi connectivity index (χ3n) is 2.92. The van der Waals surface area contributed by atoms with Gasteiger partial charge in [0.2, 0.25) is 5.78 Å². The quantitative estimate of drug-likeness (QED) is 0.772. The molecule has 4 heteroatoms. The van der Waals surface area contributed by atoms with Gasteiger partial charge < -0.3 is 4.42 Å². The van der Waals surface area contributed by atoms with Crippen LogP contribution in [0.3, 0.4) is 0 Å². The van der Waals surface area contributed by atoms with Gasteiger partial charge in [0.25, 0.3) is 0 Å². The number of benzene rings is 1. The number of furan rings is 1. The Morgan fingerprint density at radius 3 is 2.89 bits per heavy atom. The molecule has 0 saturated carbocycles.